The van der Waals surface area contributed by atoms with Crippen LogP contribution in [0.25, 0.3) is 0 Å². The maximum atomic E-state index is 8.86. The Kier molecular flexibility index (Phi) is 5.63. The molecule has 0 saturated carbocycles. The van der Waals surface area contributed by atoms with E-state index in [1.165, 1.54) is 0 Å². The lowest BCUT2D eigenvalue weighted by Gasteiger charge is -2.11. The van der Waals surface area contributed by atoms with Gasteiger partial charge in [0.25, 0.3) is 0 Å². The zero-order valence-electron chi connectivity index (χ0n) is 11.6. The summed E-state index contributed by atoms with van der Waals surface area (Å²) in [5, 5.41) is 12.1. The number of halogens is 1. The van der Waals surface area contributed by atoms with Crippen LogP contribution in [0.3, 0.4) is 0 Å². The van der Waals surface area contributed by atoms with Crippen molar-refractivity contribution in [2.24, 2.45) is 5.16 Å². The van der Waals surface area contributed by atoms with Gasteiger partial charge in [-0.1, -0.05) is 39.3 Å². The highest BCUT2D eigenvalue weighted by Gasteiger charge is 2.06. The van der Waals surface area contributed by atoms with Gasteiger partial charge in [0.1, 0.15) is 24.7 Å². The topological polar surface area (TPSA) is 51.1 Å². The zero-order valence-corrected chi connectivity index (χ0v) is 13.2. The van der Waals surface area contributed by atoms with Crippen molar-refractivity contribution in [3.05, 3.63) is 58.6 Å². The predicted octanol–water partition coefficient (Wildman–Crippen LogP) is 4.11. The van der Waals surface area contributed by atoms with E-state index in [0.717, 1.165) is 15.8 Å². The van der Waals surface area contributed by atoms with Crippen LogP contribution in [0.5, 0.6) is 11.5 Å². The molecule has 0 amide bonds. The molecule has 0 atom stereocenters. The lowest BCUT2D eigenvalue weighted by Crippen LogP contribution is -2.11. The van der Waals surface area contributed by atoms with Crippen LogP contribution in [0.1, 0.15) is 12.5 Å². The normalized spacial score (nSPS) is 11.2. The third-order valence-corrected chi connectivity index (χ3v) is 3.33. The van der Waals surface area contributed by atoms with Gasteiger partial charge in [0.2, 0.25) is 0 Å². The van der Waals surface area contributed by atoms with Crippen molar-refractivity contribution in [2.75, 3.05) is 13.2 Å². The van der Waals surface area contributed by atoms with Crippen molar-refractivity contribution < 1.29 is 14.7 Å². The Balaban J connectivity index is 1.89. The Labute approximate surface area is 132 Å². The fraction of sp³-hybridized carbons (Fsp3) is 0.188. The highest BCUT2D eigenvalue weighted by atomic mass is 79.9. The summed E-state index contributed by atoms with van der Waals surface area (Å²) in [4.78, 5) is 0. The van der Waals surface area contributed by atoms with Gasteiger partial charge in [-0.3, -0.25) is 0 Å². The van der Waals surface area contributed by atoms with Crippen LogP contribution >= 0.6 is 15.9 Å². The Morgan fingerprint density at radius 2 is 1.86 bits per heavy atom. The number of oxime groups is 1. The van der Waals surface area contributed by atoms with Gasteiger partial charge in [0.15, 0.2) is 0 Å². The van der Waals surface area contributed by atoms with Crippen LogP contribution < -0.4 is 9.47 Å². The minimum atomic E-state index is 0.405. The zero-order chi connectivity index (χ0) is 15.1. The van der Waals surface area contributed by atoms with Crippen LogP contribution in [0.2, 0.25) is 0 Å². The average Bonchev–Trinajstić information content (AvgIpc) is 2.51. The number of ether oxygens (including phenoxy) is 2. The first-order valence-electron chi connectivity index (χ1n) is 6.50. The number of nitrogens with zero attached hydrogens (tertiary/aromatic N) is 1. The van der Waals surface area contributed by atoms with Gasteiger partial charge in [-0.25, -0.2) is 0 Å². The summed E-state index contributed by atoms with van der Waals surface area (Å²) < 4.78 is 12.3. The number of rotatable bonds is 6. The highest BCUT2D eigenvalue weighted by molar-refractivity contribution is 9.10. The third-order valence-electron chi connectivity index (χ3n) is 2.83. The molecule has 4 nitrogen and oxygen atoms in total. The summed E-state index contributed by atoms with van der Waals surface area (Å²) in [7, 11) is 0. The molecule has 110 valence electrons. The summed E-state index contributed by atoms with van der Waals surface area (Å²) in [5.41, 5.74) is 1.28. The fourth-order valence-corrected chi connectivity index (χ4v) is 2.19. The maximum absolute atomic E-state index is 8.86. The van der Waals surface area contributed by atoms with Crippen molar-refractivity contribution in [1.82, 2.24) is 0 Å². The van der Waals surface area contributed by atoms with Crippen LogP contribution in [0.15, 0.2) is 58.2 Å². The molecule has 5 heteroatoms. The van der Waals surface area contributed by atoms with Crippen LogP contribution in [-0.4, -0.2) is 24.1 Å². The molecule has 2 aromatic rings. The third kappa shape index (κ3) is 4.49. The van der Waals surface area contributed by atoms with Gasteiger partial charge >= 0.3 is 0 Å². The highest BCUT2D eigenvalue weighted by Crippen LogP contribution is 2.20. The second-order valence-electron chi connectivity index (χ2n) is 4.34. The molecule has 0 radical (unpaired) electrons. The minimum Gasteiger partial charge on any atom is -0.490 e. The summed E-state index contributed by atoms with van der Waals surface area (Å²) in [6.45, 7) is 2.56. The van der Waals surface area contributed by atoms with Gasteiger partial charge in [-0.05, 0) is 37.3 Å². The molecule has 0 fully saturated rings. The average molecular weight is 350 g/mol. The van der Waals surface area contributed by atoms with E-state index in [4.69, 9.17) is 14.7 Å². The summed E-state index contributed by atoms with van der Waals surface area (Å²) >= 11 is 3.39. The molecule has 1 N–H and O–H groups in total. The van der Waals surface area contributed by atoms with Crippen molar-refractivity contribution in [3.63, 3.8) is 0 Å². The van der Waals surface area contributed by atoms with Gasteiger partial charge < -0.3 is 14.7 Å². The van der Waals surface area contributed by atoms with Crippen LogP contribution in [-0.2, 0) is 0 Å². The summed E-state index contributed by atoms with van der Waals surface area (Å²) in [6, 6.07) is 15.1. The van der Waals surface area contributed by atoms with E-state index in [1.54, 1.807) is 6.92 Å². The number of benzene rings is 2. The van der Waals surface area contributed by atoms with Crippen LogP contribution in [0.4, 0.5) is 0 Å². The molecule has 0 aliphatic heterocycles. The summed E-state index contributed by atoms with van der Waals surface area (Å²) in [6.07, 6.45) is 0. The van der Waals surface area contributed by atoms with E-state index in [9.17, 15) is 0 Å². The van der Waals surface area contributed by atoms with E-state index in [2.05, 4.69) is 21.1 Å². The smallest absolute Gasteiger partial charge is 0.128 e. The van der Waals surface area contributed by atoms with E-state index < -0.39 is 0 Å². The van der Waals surface area contributed by atoms with E-state index >= 15 is 0 Å². The Hall–Kier alpha value is -2.01. The monoisotopic (exact) mass is 349 g/mol. The molecule has 0 aromatic heterocycles. The lowest BCUT2D eigenvalue weighted by molar-refractivity contribution is 0.216. The first kappa shape index (κ1) is 15.4. The Morgan fingerprint density at radius 1 is 1.10 bits per heavy atom. The molecular formula is C16H16BrNO3. The molecule has 0 saturated heterocycles. The molecule has 0 aliphatic rings. The minimum absolute atomic E-state index is 0.405. The first-order chi connectivity index (χ1) is 10.2. The fourth-order valence-electron chi connectivity index (χ4n) is 1.81. The number of hydrogen-bond acceptors (Lipinski definition) is 4. The standard InChI is InChI=1S/C16H16BrNO3/c1-12(18-19)15-7-2-3-8-16(15)21-10-9-20-14-6-4-5-13(17)11-14/h2-8,11,19H,9-10H2,1H3. The number of para-hydroxylation sites is 1. The van der Waals surface area contributed by atoms with Crippen molar-refractivity contribution >= 4 is 21.6 Å². The van der Waals surface area contributed by atoms with Gasteiger partial charge in [0, 0.05) is 10.0 Å². The predicted molar refractivity (Wildman–Crippen MR) is 85.6 cm³/mol. The van der Waals surface area contributed by atoms with Gasteiger partial charge in [-0.2, -0.15) is 0 Å². The molecule has 0 spiro atoms. The Bertz CT molecular complexity index is 628. The van der Waals surface area contributed by atoms with Gasteiger partial charge in [-0.15, -0.1) is 0 Å². The quantitative estimate of drug-likeness (QED) is 0.369. The Morgan fingerprint density at radius 3 is 2.62 bits per heavy atom. The van der Waals surface area contributed by atoms with Crippen molar-refractivity contribution in [1.29, 1.82) is 0 Å². The molecule has 2 rings (SSSR count). The largest absolute Gasteiger partial charge is 0.490 e. The summed E-state index contributed by atoms with van der Waals surface area (Å²) in [5.74, 6) is 1.46. The van der Waals surface area contributed by atoms with E-state index in [-0.39, 0.29) is 0 Å². The second-order valence-corrected chi connectivity index (χ2v) is 5.25. The van der Waals surface area contributed by atoms with Crippen LogP contribution in [0, 0.1) is 0 Å². The first-order valence-corrected chi connectivity index (χ1v) is 7.29. The van der Waals surface area contributed by atoms with Crippen molar-refractivity contribution in [3.8, 4) is 11.5 Å². The molecule has 0 unspecified atom stereocenters. The SMILES string of the molecule is CC(=NO)c1ccccc1OCCOc1cccc(Br)c1. The van der Waals surface area contributed by atoms with E-state index in [1.807, 2.05) is 48.5 Å². The second kappa shape index (κ2) is 7.69. The van der Waals surface area contributed by atoms with E-state index in [0.29, 0.717) is 24.7 Å². The molecule has 2 aromatic carbocycles. The van der Waals surface area contributed by atoms with Crippen molar-refractivity contribution in [2.45, 2.75) is 6.92 Å². The molecule has 21 heavy (non-hydrogen) atoms. The molecule has 0 bridgehead atoms. The molecular weight excluding hydrogens is 334 g/mol. The molecule has 0 aliphatic carbocycles. The molecule has 0 heterocycles. The van der Waals surface area contributed by atoms with Gasteiger partial charge in [0.05, 0.1) is 5.71 Å². The lowest BCUT2D eigenvalue weighted by atomic mass is 10.1. The number of hydrogen-bond donors (Lipinski definition) is 1. The maximum Gasteiger partial charge on any atom is 0.128 e.